The second-order valence-corrected chi connectivity index (χ2v) is 6.32. The summed E-state index contributed by atoms with van der Waals surface area (Å²) in [4.78, 5) is 14.0. The zero-order valence-electron chi connectivity index (χ0n) is 14.2. The Balaban J connectivity index is 0.00000288. The van der Waals surface area contributed by atoms with E-state index in [0.29, 0.717) is 25.6 Å². The van der Waals surface area contributed by atoms with Gasteiger partial charge in [-0.2, -0.15) is 0 Å². The quantitative estimate of drug-likeness (QED) is 0.377. The third-order valence-electron chi connectivity index (χ3n) is 3.01. The summed E-state index contributed by atoms with van der Waals surface area (Å²) in [5.41, 5.74) is 1.07. The van der Waals surface area contributed by atoms with Gasteiger partial charge in [-0.15, -0.1) is 35.3 Å². The average molecular weight is 461 g/mol. The molecule has 0 saturated carbocycles. The van der Waals surface area contributed by atoms with Gasteiger partial charge in [-0.25, -0.2) is 9.97 Å². The van der Waals surface area contributed by atoms with Gasteiger partial charge in [0, 0.05) is 36.9 Å². The number of nitrogens with one attached hydrogen (secondary N) is 2. The molecule has 0 amide bonds. The van der Waals surface area contributed by atoms with Crippen LogP contribution in [-0.4, -0.2) is 29.6 Å². The van der Waals surface area contributed by atoms with E-state index in [0.717, 1.165) is 23.0 Å². The van der Waals surface area contributed by atoms with Crippen LogP contribution >= 0.6 is 35.3 Å². The number of ether oxygens (including phenoxy) is 1. The second-order valence-electron chi connectivity index (χ2n) is 5.00. The van der Waals surface area contributed by atoms with Crippen LogP contribution in [0.25, 0.3) is 0 Å². The lowest BCUT2D eigenvalue weighted by atomic mass is 10.3. The Morgan fingerprint density at radius 2 is 2.00 bits per heavy atom. The molecule has 0 saturated heterocycles. The minimum atomic E-state index is 0. The van der Waals surface area contributed by atoms with E-state index in [2.05, 4.69) is 39.4 Å². The van der Waals surface area contributed by atoms with Crippen molar-refractivity contribution in [3.05, 3.63) is 40.0 Å². The summed E-state index contributed by atoms with van der Waals surface area (Å²) in [5, 5.41) is 7.56. The predicted molar refractivity (Wildman–Crippen MR) is 109 cm³/mol. The molecule has 0 spiro atoms. The molecule has 0 aliphatic carbocycles. The summed E-state index contributed by atoms with van der Waals surface area (Å²) >= 11 is 1.68. The lowest BCUT2D eigenvalue weighted by molar-refractivity contribution is 0.305. The largest absolute Gasteiger partial charge is 0.478 e. The average Bonchev–Trinajstić information content (AvgIpc) is 2.99. The highest BCUT2D eigenvalue weighted by atomic mass is 127. The molecule has 0 fully saturated rings. The van der Waals surface area contributed by atoms with Gasteiger partial charge in [0.25, 0.3) is 0 Å². The number of aryl methyl sites for hydroxylation is 1. The van der Waals surface area contributed by atoms with Crippen molar-refractivity contribution in [2.45, 2.75) is 33.4 Å². The van der Waals surface area contributed by atoms with Gasteiger partial charge in [0.2, 0.25) is 5.88 Å². The molecule has 2 rings (SSSR count). The minimum absolute atomic E-state index is 0. The van der Waals surface area contributed by atoms with Gasteiger partial charge >= 0.3 is 0 Å². The maximum absolute atomic E-state index is 5.47. The Labute approximate surface area is 164 Å². The number of hydrogen-bond donors (Lipinski definition) is 2. The van der Waals surface area contributed by atoms with E-state index in [1.807, 2.05) is 24.5 Å². The Morgan fingerprint density at radius 3 is 2.58 bits per heavy atom. The SMILES string of the molecule is CCCOc1ccc(CNC(=NC)NCc2ncc(C)s2)cn1.I. The van der Waals surface area contributed by atoms with Crippen molar-refractivity contribution in [2.75, 3.05) is 13.7 Å². The summed E-state index contributed by atoms with van der Waals surface area (Å²) < 4.78 is 5.47. The first kappa shape index (κ1) is 20.6. The third-order valence-corrected chi connectivity index (χ3v) is 3.92. The molecule has 2 heterocycles. The lowest BCUT2D eigenvalue weighted by Crippen LogP contribution is -2.36. The van der Waals surface area contributed by atoms with Crippen molar-refractivity contribution >= 4 is 41.3 Å². The molecule has 2 N–H and O–H groups in total. The monoisotopic (exact) mass is 461 g/mol. The normalized spacial score (nSPS) is 10.9. The number of nitrogens with zero attached hydrogens (tertiary/aromatic N) is 3. The van der Waals surface area contributed by atoms with Gasteiger partial charge in [-0.1, -0.05) is 13.0 Å². The van der Waals surface area contributed by atoms with Crippen LogP contribution in [0.2, 0.25) is 0 Å². The van der Waals surface area contributed by atoms with Gasteiger partial charge in [-0.05, 0) is 18.9 Å². The van der Waals surface area contributed by atoms with Crippen molar-refractivity contribution in [2.24, 2.45) is 4.99 Å². The number of guanidine groups is 1. The van der Waals surface area contributed by atoms with Crippen LogP contribution in [0.1, 0.15) is 28.8 Å². The van der Waals surface area contributed by atoms with E-state index in [9.17, 15) is 0 Å². The summed E-state index contributed by atoms with van der Waals surface area (Å²) in [5.74, 6) is 1.40. The molecule has 0 radical (unpaired) electrons. The Kier molecular flexibility index (Phi) is 9.62. The molecule has 0 aliphatic heterocycles. The smallest absolute Gasteiger partial charge is 0.213 e. The number of aliphatic imine (C=N–C) groups is 1. The van der Waals surface area contributed by atoms with Gasteiger partial charge in [0.05, 0.1) is 13.2 Å². The van der Waals surface area contributed by atoms with Crippen LogP contribution in [0.3, 0.4) is 0 Å². The van der Waals surface area contributed by atoms with Gasteiger partial charge in [0.15, 0.2) is 5.96 Å². The molecule has 0 unspecified atom stereocenters. The molecule has 0 aromatic carbocycles. The van der Waals surface area contributed by atoms with Crippen LogP contribution in [0.4, 0.5) is 0 Å². The summed E-state index contributed by atoms with van der Waals surface area (Å²) in [6.45, 7) is 6.13. The maximum atomic E-state index is 5.47. The van der Waals surface area contributed by atoms with Crippen LogP contribution < -0.4 is 15.4 Å². The molecule has 24 heavy (non-hydrogen) atoms. The summed E-state index contributed by atoms with van der Waals surface area (Å²) in [7, 11) is 1.75. The lowest BCUT2D eigenvalue weighted by Gasteiger charge is -2.11. The Bertz CT molecular complexity index is 630. The van der Waals surface area contributed by atoms with E-state index in [4.69, 9.17) is 4.74 Å². The predicted octanol–water partition coefficient (Wildman–Crippen LogP) is 3.12. The minimum Gasteiger partial charge on any atom is -0.478 e. The standard InChI is InChI=1S/C16H23N5OS.HI/c1-4-7-22-14-6-5-13(9-18-14)10-20-16(17-3)21-11-15-19-8-12(2)23-15;/h5-6,8-9H,4,7,10-11H2,1-3H3,(H2,17,20,21);1H. The van der Waals surface area contributed by atoms with Gasteiger partial charge < -0.3 is 15.4 Å². The molecular formula is C16H24IN5OS. The number of hydrogen-bond acceptors (Lipinski definition) is 5. The van der Waals surface area contributed by atoms with E-state index < -0.39 is 0 Å². The molecule has 0 atom stereocenters. The Morgan fingerprint density at radius 1 is 1.21 bits per heavy atom. The first-order valence-corrected chi connectivity index (χ1v) is 8.46. The van der Waals surface area contributed by atoms with Gasteiger partial charge in [-0.3, -0.25) is 4.99 Å². The first-order valence-electron chi connectivity index (χ1n) is 7.64. The number of aromatic nitrogens is 2. The molecule has 6 nitrogen and oxygen atoms in total. The van der Waals surface area contributed by atoms with Crippen molar-refractivity contribution < 1.29 is 4.74 Å². The van der Waals surface area contributed by atoms with Crippen LogP contribution in [0.5, 0.6) is 5.88 Å². The summed E-state index contributed by atoms with van der Waals surface area (Å²) in [6, 6.07) is 3.89. The molecule has 0 aliphatic rings. The van der Waals surface area contributed by atoms with Crippen LogP contribution in [0.15, 0.2) is 29.5 Å². The maximum Gasteiger partial charge on any atom is 0.213 e. The van der Waals surface area contributed by atoms with E-state index in [-0.39, 0.29) is 24.0 Å². The first-order chi connectivity index (χ1) is 11.2. The van der Waals surface area contributed by atoms with Crippen LogP contribution in [0, 0.1) is 6.92 Å². The zero-order chi connectivity index (χ0) is 16.5. The number of halogens is 1. The molecule has 132 valence electrons. The Hall–Kier alpha value is -1.42. The highest BCUT2D eigenvalue weighted by Crippen LogP contribution is 2.10. The molecule has 0 bridgehead atoms. The third kappa shape index (κ3) is 7.00. The van der Waals surface area contributed by atoms with E-state index in [1.54, 1.807) is 18.4 Å². The van der Waals surface area contributed by atoms with Crippen molar-refractivity contribution in [1.82, 2.24) is 20.6 Å². The van der Waals surface area contributed by atoms with E-state index in [1.165, 1.54) is 4.88 Å². The molecule has 2 aromatic rings. The highest BCUT2D eigenvalue weighted by Gasteiger charge is 2.02. The topological polar surface area (TPSA) is 71.4 Å². The van der Waals surface area contributed by atoms with Crippen LogP contribution in [-0.2, 0) is 13.1 Å². The summed E-state index contributed by atoms with van der Waals surface area (Å²) in [6.07, 6.45) is 4.67. The second kappa shape index (κ2) is 11.2. The number of rotatable bonds is 7. The molecule has 8 heteroatoms. The van der Waals surface area contributed by atoms with Crippen molar-refractivity contribution in [1.29, 1.82) is 0 Å². The molecular weight excluding hydrogens is 437 g/mol. The zero-order valence-corrected chi connectivity index (χ0v) is 17.4. The number of pyridine rings is 1. The van der Waals surface area contributed by atoms with Crippen molar-refractivity contribution in [3.8, 4) is 5.88 Å². The van der Waals surface area contributed by atoms with Gasteiger partial charge in [0.1, 0.15) is 5.01 Å². The highest BCUT2D eigenvalue weighted by molar-refractivity contribution is 14.0. The van der Waals surface area contributed by atoms with Crippen molar-refractivity contribution in [3.63, 3.8) is 0 Å². The number of thiazole rings is 1. The fourth-order valence-electron chi connectivity index (χ4n) is 1.86. The van der Waals surface area contributed by atoms with E-state index >= 15 is 0 Å². The fraction of sp³-hybridized carbons (Fsp3) is 0.438. The molecule has 2 aromatic heterocycles. The fourth-order valence-corrected chi connectivity index (χ4v) is 2.58.